The van der Waals surface area contributed by atoms with Gasteiger partial charge in [-0.05, 0) is 12.0 Å². The lowest BCUT2D eigenvalue weighted by Crippen LogP contribution is -2.08. The Bertz CT molecular complexity index is 557. The first-order valence-corrected chi connectivity index (χ1v) is 6.64. The summed E-state index contributed by atoms with van der Waals surface area (Å²) in [5.74, 6) is 3.14. The van der Waals surface area contributed by atoms with Crippen LogP contribution in [0.3, 0.4) is 0 Å². The lowest BCUT2D eigenvalue weighted by molar-refractivity contribution is 0.727. The molecule has 2 heterocycles. The van der Waals surface area contributed by atoms with Crippen molar-refractivity contribution in [2.45, 2.75) is 39.5 Å². The minimum Gasteiger partial charge on any atom is -0.373 e. The summed E-state index contributed by atoms with van der Waals surface area (Å²) in [5.41, 5.74) is 1.07. The van der Waals surface area contributed by atoms with Gasteiger partial charge in [-0.15, -0.1) is 0 Å². The van der Waals surface area contributed by atoms with Crippen LogP contribution < -0.4 is 5.32 Å². The monoisotopic (exact) mass is 259 g/mol. The Morgan fingerprint density at radius 3 is 2.37 bits per heavy atom. The summed E-state index contributed by atoms with van der Waals surface area (Å²) in [6, 6.07) is 3.93. The molecule has 5 heteroatoms. The van der Waals surface area contributed by atoms with Gasteiger partial charge in [-0.2, -0.15) is 5.10 Å². The zero-order chi connectivity index (χ0) is 14.0. The number of nitrogens with one attached hydrogen (secondary N) is 1. The summed E-state index contributed by atoms with van der Waals surface area (Å²) in [4.78, 5) is 9.03. The van der Waals surface area contributed by atoms with Crippen LogP contribution in [0, 0.1) is 0 Å². The Morgan fingerprint density at radius 2 is 1.84 bits per heavy atom. The van der Waals surface area contributed by atoms with Gasteiger partial charge in [0.25, 0.3) is 0 Å². The fraction of sp³-hybridized carbons (Fsp3) is 0.500. The molecule has 2 rings (SSSR count). The number of rotatable bonds is 4. The molecule has 0 radical (unpaired) electrons. The van der Waals surface area contributed by atoms with Crippen LogP contribution in [0.4, 0.5) is 5.82 Å². The second-order valence-electron chi connectivity index (χ2n) is 5.21. The van der Waals surface area contributed by atoms with E-state index in [-0.39, 0.29) is 5.92 Å². The Labute approximate surface area is 114 Å². The quantitative estimate of drug-likeness (QED) is 0.917. The Balaban J connectivity index is 2.45. The van der Waals surface area contributed by atoms with Crippen molar-refractivity contribution in [1.82, 2.24) is 19.7 Å². The second kappa shape index (κ2) is 5.38. The van der Waals surface area contributed by atoms with Gasteiger partial charge in [0.2, 0.25) is 0 Å². The van der Waals surface area contributed by atoms with E-state index in [2.05, 4.69) is 48.1 Å². The third-order valence-corrected chi connectivity index (χ3v) is 2.94. The highest BCUT2D eigenvalue weighted by Gasteiger charge is 2.10. The number of hydrogen-bond donors (Lipinski definition) is 1. The van der Waals surface area contributed by atoms with Crippen LogP contribution in [-0.2, 0) is 0 Å². The van der Waals surface area contributed by atoms with Gasteiger partial charge in [0.05, 0.1) is 5.69 Å². The summed E-state index contributed by atoms with van der Waals surface area (Å²) < 4.78 is 1.81. The van der Waals surface area contributed by atoms with Crippen LogP contribution in [0.15, 0.2) is 18.3 Å². The second-order valence-corrected chi connectivity index (χ2v) is 5.21. The number of nitrogens with zero attached hydrogens (tertiary/aromatic N) is 4. The van der Waals surface area contributed by atoms with Gasteiger partial charge < -0.3 is 5.32 Å². The van der Waals surface area contributed by atoms with Crippen LogP contribution in [0.1, 0.15) is 51.0 Å². The van der Waals surface area contributed by atoms with E-state index in [1.165, 1.54) is 0 Å². The molecular weight excluding hydrogens is 238 g/mol. The maximum Gasteiger partial charge on any atom is 0.159 e. The summed E-state index contributed by atoms with van der Waals surface area (Å²) in [7, 11) is 1.86. The molecule has 0 aromatic carbocycles. The summed E-state index contributed by atoms with van der Waals surface area (Å²) in [6.07, 6.45) is 1.95. The van der Waals surface area contributed by atoms with Crippen molar-refractivity contribution in [3.05, 3.63) is 29.8 Å². The van der Waals surface area contributed by atoms with Gasteiger partial charge >= 0.3 is 0 Å². The first-order valence-electron chi connectivity index (χ1n) is 6.64. The minimum absolute atomic E-state index is 0.284. The Kier molecular flexibility index (Phi) is 3.83. The first-order chi connectivity index (χ1) is 9.01. The van der Waals surface area contributed by atoms with Gasteiger partial charge in [0.15, 0.2) is 5.82 Å². The van der Waals surface area contributed by atoms with Crippen LogP contribution >= 0.6 is 0 Å². The molecular formula is C14H21N5. The molecule has 2 aromatic heterocycles. The van der Waals surface area contributed by atoms with Crippen molar-refractivity contribution in [1.29, 1.82) is 0 Å². The first kappa shape index (κ1) is 13.5. The van der Waals surface area contributed by atoms with E-state index in [9.17, 15) is 0 Å². The number of anilines is 1. The predicted octanol–water partition coefficient (Wildman–Crippen LogP) is 2.95. The molecule has 5 nitrogen and oxygen atoms in total. The maximum atomic E-state index is 4.57. The van der Waals surface area contributed by atoms with E-state index < -0.39 is 0 Å². The van der Waals surface area contributed by atoms with Crippen LogP contribution in [-0.4, -0.2) is 26.8 Å². The minimum atomic E-state index is 0.284. The molecule has 0 atom stereocenters. The highest BCUT2D eigenvalue weighted by Crippen LogP contribution is 2.17. The van der Waals surface area contributed by atoms with Crippen molar-refractivity contribution in [2.75, 3.05) is 12.4 Å². The number of hydrogen-bond acceptors (Lipinski definition) is 4. The van der Waals surface area contributed by atoms with Crippen molar-refractivity contribution in [2.24, 2.45) is 0 Å². The highest BCUT2D eigenvalue weighted by molar-refractivity contribution is 5.41. The molecule has 0 bridgehead atoms. The lowest BCUT2D eigenvalue weighted by atomic mass is 10.1. The van der Waals surface area contributed by atoms with Gasteiger partial charge in [-0.1, -0.05) is 27.7 Å². The van der Waals surface area contributed by atoms with Crippen molar-refractivity contribution in [3.8, 4) is 5.82 Å². The molecule has 19 heavy (non-hydrogen) atoms. The number of aromatic nitrogens is 4. The third kappa shape index (κ3) is 2.92. The zero-order valence-corrected chi connectivity index (χ0v) is 12.2. The predicted molar refractivity (Wildman–Crippen MR) is 76.9 cm³/mol. The zero-order valence-electron chi connectivity index (χ0n) is 12.2. The van der Waals surface area contributed by atoms with E-state index in [0.717, 1.165) is 23.2 Å². The molecule has 0 fully saturated rings. The SMILES string of the molecule is CNc1cc(-n2ccc(C(C)C)n2)nc(C(C)C)n1. The molecule has 2 aromatic rings. The molecule has 102 valence electrons. The molecule has 0 saturated carbocycles. The van der Waals surface area contributed by atoms with E-state index in [1.54, 1.807) is 0 Å². The van der Waals surface area contributed by atoms with Crippen LogP contribution in [0.5, 0.6) is 0 Å². The molecule has 0 spiro atoms. The van der Waals surface area contributed by atoms with E-state index in [0.29, 0.717) is 5.92 Å². The lowest BCUT2D eigenvalue weighted by Gasteiger charge is -2.09. The average molecular weight is 259 g/mol. The smallest absolute Gasteiger partial charge is 0.159 e. The molecule has 0 aliphatic carbocycles. The molecule has 0 unspecified atom stereocenters. The van der Waals surface area contributed by atoms with Gasteiger partial charge in [-0.3, -0.25) is 0 Å². The third-order valence-electron chi connectivity index (χ3n) is 2.94. The fourth-order valence-electron chi connectivity index (χ4n) is 1.73. The Morgan fingerprint density at radius 1 is 1.11 bits per heavy atom. The molecule has 0 saturated heterocycles. The Hall–Kier alpha value is -1.91. The largest absolute Gasteiger partial charge is 0.373 e. The fourth-order valence-corrected chi connectivity index (χ4v) is 1.73. The van der Waals surface area contributed by atoms with Crippen molar-refractivity contribution < 1.29 is 0 Å². The topological polar surface area (TPSA) is 55.6 Å². The average Bonchev–Trinajstić information content (AvgIpc) is 2.87. The van der Waals surface area contributed by atoms with Crippen molar-refractivity contribution >= 4 is 5.82 Å². The summed E-state index contributed by atoms with van der Waals surface area (Å²) >= 11 is 0. The standard InChI is InChI=1S/C14H21N5/c1-9(2)11-6-7-19(18-11)13-8-12(15-5)16-14(17-13)10(3)4/h6-10H,1-5H3,(H,15,16,17). The van der Waals surface area contributed by atoms with E-state index in [4.69, 9.17) is 0 Å². The molecule has 0 amide bonds. The molecule has 0 aliphatic heterocycles. The van der Waals surface area contributed by atoms with Crippen LogP contribution in [0.25, 0.3) is 5.82 Å². The molecule has 0 aliphatic rings. The highest BCUT2D eigenvalue weighted by atomic mass is 15.3. The molecule has 1 N–H and O–H groups in total. The van der Waals surface area contributed by atoms with Crippen LogP contribution in [0.2, 0.25) is 0 Å². The summed E-state index contributed by atoms with van der Waals surface area (Å²) in [6.45, 7) is 8.43. The van der Waals surface area contributed by atoms with E-state index >= 15 is 0 Å². The van der Waals surface area contributed by atoms with Gasteiger partial charge in [-0.25, -0.2) is 14.6 Å². The normalized spacial score (nSPS) is 11.3. The summed E-state index contributed by atoms with van der Waals surface area (Å²) in [5, 5.41) is 7.62. The maximum absolute atomic E-state index is 4.57. The van der Waals surface area contributed by atoms with E-state index in [1.807, 2.05) is 30.1 Å². The van der Waals surface area contributed by atoms with Gasteiger partial charge in [0.1, 0.15) is 11.6 Å². The van der Waals surface area contributed by atoms with Crippen molar-refractivity contribution in [3.63, 3.8) is 0 Å². The van der Waals surface area contributed by atoms with Gasteiger partial charge in [0, 0.05) is 25.2 Å².